The van der Waals surface area contributed by atoms with E-state index in [-0.39, 0.29) is 6.79 Å². The van der Waals surface area contributed by atoms with Crippen molar-refractivity contribution in [3.8, 4) is 22.6 Å². The molecule has 1 saturated heterocycles. The molecule has 8 nitrogen and oxygen atoms in total. The fraction of sp³-hybridized carbons (Fsp3) is 0.375. The highest BCUT2D eigenvalue weighted by Gasteiger charge is 2.43. The second kappa shape index (κ2) is 7.34. The number of pyridine rings is 1. The molecule has 0 radical (unpaired) electrons. The molecule has 2 fully saturated rings. The number of fused-ring (bicyclic) bond motifs is 4. The highest BCUT2D eigenvalue weighted by Crippen LogP contribution is 2.41. The van der Waals surface area contributed by atoms with Gasteiger partial charge in [0.2, 0.25) is 12.7 Å². The molecule has 1 saturated carbocycles. The molecule has 3 atom stereocenters. The molecule has 2 aliphatic heterocycles. The Balaban J connectivity index is 1.15. The number of piperidine rings is 1. The molecule has 33 heavy (non-hydrogen) atoms. The lowest BCUT2D eigenvalue weighted by atomic mass is 9.92. The summed E-state index contributed by atoms with van der Waals surface area (Å²) in [6.07, 6.45) is 4.44. The van der Waals surface area contributed by atoms with Crippen molar-refractivity contribution in [2.45, 2.75) is 25.8 Å². The van der Waals surface area contributed by atoms with E-state index in [1.165, 1.54) is 17.8 Å². The van der Waals surface area contributed by atoms with E-state index < -0.39 is 0 Å². The molecule has 5 heterocycles. The van der Waals surface area contributed by atoms with Gasteiger partial charge < -0.3 is 19.7 Å². The Labute approximate surface area is 195 Å². The lowest BCUT2D eigenvalue weighted by molar-refractivity contribution is 0.174. The van der Waals surface area contributed by atoms with Crippen molar-refractivity contribution >= 4 is 28.1 Å². The Hall–Kier alpha value is -3.33. The van der Waals surface area contributed by atoms with Gasteiger partial charge in [-0.15, -0.1) is 5.10 Å². The molecule has 1 unspecified atom stereocenters. The monoisotopic (exact) mass is 460 g/mol. The summed E-state index contributed by atoms with van der Waals surface area (Å²) in [6, 6.07) is 12.7. The van der Waals surface area contributed by atoms with Gasteiger partial charge in [0.15, 0.2) is 17.1 Å². The van der Waals surface area contributed by atoms with E-state index in [0.717, 1.165) is 47.1 Å². The number of nitrogens with zero attached hydrogens (tertiary/aromatic N) is 5. The highest BCUT2D eigenvalue weighted by atomic mass is 32.1. The summed E-state index contributed by atoms with van der Waals surface area (Å²) in [6.45, 7) is 4.46. The molecule has 4 aromatic rings. The summed E-state index contributed by atoms with van der Waals surface area (Å²) in [7, 11) is 0. The van der Waals surface area contributed by atoms with Crippen LogP contribution in [-0.2, 0) is 0 Å². The summed E-state index contributed by atoms with van der Waals surface area (Å²) < 4.78 is 17.4. The van der Waals surface area contributed by atoms with Gasteiger partial charge >= 0.3 is 0 Å². The SMILES string of the molecule is Cc1cc(N2C[C@H]3CC[C@@H](C2)C3Nc2nc3c(-c4ccc5c(c4)OCO5)cccn3n2)sn1. The minimum Gasteiger partial charge on any atom is -0.454 e. The van der Waals surface area contributed by atoms with Crippen molar-refractivity contribution in [1.82, 2.24) is 19.0 Å². The number of hydrogen-bond donors (Lipinski definition) is 1. The number of aryl methyl sites for hydroxylation is 1. The number of ether oxygens (including phenoxy) is 2. The van der Waals surface area contributed by atoms with Gasteiger partial charge in [0, 0.05) is 30.9 Å². The zero-order valence-electron chi connectivity index (χ0n) is 18.3. The fourth-order valence-corrected chi connectivity index (χ4v) is 6.32. The smallest absolute Gasteiger partial charge is 0.243 e. The molecule has 7 rings (SSSR count). The number of rotatable bonds is 4. The van der Waals surface area contributed by atoms with Crippen molar-refractivity contribution < 1.29 is 9.47 Å². The van der Waals surface area contributed by atoms with Gasteiger partial charge in [0.05, 0.1) is 5.69 Å². The number of benzene rings is 1. The summed E-state index contributed by atoms with van der Waals surface area (Å²) in [5.41, 5.74) is 4.00. The Kier molecular flexibility index (Phi) is 4.27. The lowest BCUT2D eigenvalue weighted by Gasteiger charge is -2.38. The largest absolute Gasteiger partial charge is 0.454 e. The third kappa shape index (κ3) is 3.21. The maximum Gasteiger partial charge on any atom is 0.243 e. The van der Waals surface area contributed by atoms with Crippen LogP contribution < -0.4 is 19.7 Å². The molecular formula is C24H24N6O2S. The zero-order chi connectivity index (χ0) is 21.9. The van der Waals surface area contributed by atoms with Crippen molar-refractivity contribution in [1.29, 1.82) is 0 Å². The number of nitrogens with one attached hydrogen (secondary N) is 1. The zero-order valence-corrected chi connectivity index (χ0v) is 19.1. The number of hydrogen-bond acceptors (Lipinski definition) is 8. The quantitative estimate of drug-likeness (QED) is 0.489. The topological polar surface area (TPSA) is 76.8 Å². The maximum absolute atomic E-state index is 5.57. The second-order valence-corrected chi connectivity index (χ2v) is 9.96. The molecule has 1 N–H and O–H groups in total. The minimum atomic E-state index is 0.270. The van der Waals surface area contributed by atoms with E-state index in [4.69, 9.17) is 19.6 Å². The first-order chi connectivity index (χ1) is 16.2. The van der Waals surface area contributed by atoms with Crippen LogP contribution in [0.25, 0.3) is 16.8 Å². The number of aromatic nitrogens is 4. The van der Waals surface area contributed by atoms with Gasteiger partial charge in [0.1, 0.15) is 5.00 Å². The predicted molar refractivity (Wildman–Crippen MR) is 127 cm³/mol. The normalized spacial score (nSPS) is 23.4. The lowest BCUT2D eigenvalue weighted by Crippen LogP contribution is -2.48. The van der Waals surface area contributed by atoms with Crippen LogP contribution in [0.2, 0.25) is 0 Å². The molecule has 0 spiro atoms. The van der Waals surface area contributed by atoms with Crippen LogP contribution in [0.15, 0.2) is 42.6 Å². The van der Waals surface area contributed by atoms with E-state index in [1.54, 1.807) is 11.5 Å². The van der Waals surface area contributed by atoms with Crippen molar-refractivity contribution in [2.75, 3.05) is 30.1 Å². The van der Waals surface area contributed by atoms with Gasteiger partial charge in [-0.1, -0.05) is 6.07 Å². The first kappa shape index (κ1) is 19.2. The Bertz CT molecular complexity index is 1340. The van der Waals surface area contributed by atoms with E-state index in [2.05, 4.69) is 33.6 Å². The van der Waals surface area contributed by atoms with Gasteiger partial charge in [-0.05, 0) is 79.0 Å². The van der Waals surface area contributed by atoms with E-state index in [9.17, 15) is 0 Å². The third-order valence-electron chi connectivity index (χ3n) is 7.10. The van der Waals surface area contributed by atoms with Gasteiger partial charge in [0.25, 0.3) is 0 Å². The average Bonchev–Trinajstić information content (AvgIpc) is 3.59. The maximum atomic E-state index is 5.57. The van der Waals surface area contributed by atoms with Crippen LogP contribution in [0.1, 0.15) is 18.5 Å². The summed E-state index contributed by atoms with van der Waals surface area (Å²) in [4.78, 5) is 7.41. The van der Waals surface area contributed by atoms with Crippen molar-refractivity contribution in [2.24, 2.45) is 11.8 Å². The summed E-state index contributed by atoms with van der Waals surface area (Å²) in [5, 5.41) is 9.76. The molecule has 1 aliphatic carbocycles. The van der Waals surface area contributed by atoms with E-state index in [1.807, 2.05) is 35.0 Å². The summed E-state index contributed by atoms with van der Waals surface area (Å²) >= 11 is 1.61. The first-order valence-corrected chi connectivity index (χ1v) is 12.2. The minimum absolute atomic E-state index is 0.270. The van der Waals surface area contributed by atoms with Crippen LogP contribution in [-0.4, -0.2) is 44.9 Å². The van der Waals surface area contributed by atoms with Crippen LogP contribution in [0.3, 0.4) is 0 Å². The standard InChI is InChI=1S/C24H24N6O2S/c1-14-9-21(33-28-14)29-11-16-4-5-17(12-29)22(16)25-24-26-23-18(3-2-8-30(23)27-24)15-6-7-19-20(10-15)32-13-31-19/h2-3,6-10,16-17,22H,4-5,11-13H2,1H3,(H,25,27)/t16-,17+,22?. The van der Waals surface area contributed by atoms with E-state index >= 15 is 0 Å². The van der Waals surface area contributed by atoms with Crippen molar-refractivity contribution in [3.05, 3.63) is 48.3 Å². The molecule has 0 amide bonds. The van der Waals surface area contributed by atoms with Gasteiger partial charge in [-0.25, -0.2) is 4.52 Å². The molecule has 3 aromatic heterocycles. The molecule has 2 bridgehead atoms. The second-order valence-electron chi connectivity index (χ2n) is 9.17. The summed E-state index contributed by atoms with van der Waals surface area (Å²) in [5.74, 6) is 3.43. The predicted octanol–water partition coefficient (Wildman–Crippen LogP) is 4.22. The Morgan fingerprint density at radius 1 is 1.06 bits per heavy atom. The Morgan fingerprint density at radius 2 is 1.91 bits per heavy atom. The Morgan fingerprint density at radius 3 is 2.73 bits per heavy atom. The fourth-order valence-electron chi connectivity index (χ4n) is 5.54. The van der Waals surface area contributed by atoms with Crippen LogP contribution in [0.4, 0.5) is 10.9 Å². The first-order valence-electron chi connectivity index (χ1n) is 11.4. The molecule has 3 aliphatic rings. The average molecular weight is 461 g/mol. The number of anilines is 2. The van der Waals surface area contributed by atoms with Gasteiger partial charge in [-0.2, -0.15) is 9.36 Å². The van der Waals surface area contributed by atoms with Crippen LogP contribution in [0, 0.1) is 18.8 Å². The molecule has 9 heteroatoms. The van der Waals surface area contributed by atoms with E-state index in [0.29, 0.717) is 23.8 Å². The van der Waals surface area contributed by atoms with Crippen LogP contribution >= 0.6 is 11.5 Å². The molecule has 1 aromatic carbocycles. The molecular weight excluding hydrogens is 436 g/mol. The van der Waals surface area contributed by atoms with Gasteiger partial charge in [-0.3, -0.25) is 0 Å². The third-order valence-corrected chi connectivity index (χ3v) is 8.05. The van der Waals surface area contributed by atoms with Crippen LogP contribution in [0.5, 0.6) is 11.5 Å². The highest BCUT2D eigenvalue weighted by molar-refractivity contribution is 7.10. The van der Waals surface area contributed by atoms with Crippen molar-refractivity contribution in [3.63, 3.8) is 0 Å². The molecule has 168 valence electrons.